The van der Waals surface area contributed by atoms with Crippen molar-refractivity contribution in [3.63, 3.8) is 0 Å². The minimum atomic E-state index is -0.596. The Bertz CT molecular complexity index is 1140. The average Bonchev–Trinajstić information content (AvgIpc) is 3.33. The van der Waals surface area contributed by atoms with E-state index in [0.717, 1.165) is 4.88 Å². The molecule has 4 rings (SSSR count). The number of thiophene rings is 1. The molecule has 1 saturated heterocycles. The van der Waals surface area contributed by atoms with Crippen LogP contribution in [-0.2, 0) is 30.2 Å². The van der Waals surface area contributed by atoms with Gasteiger partial charge in [-0.1, -0.05) is 24.3 Å². The summed E-state index contributed by atoms with van der Waals surface area (Å²) in [7, 11) is 0. The zero-order valence-electron chi connectivity index (χ0n) is 19.9. The highest BCUT2D eigenvalue weighted by Gasteiger charge is 2.36. The number of aromatic hydroxyl groups is 1. The SMILES string of the molecule is CC(=O)O[C@@H]1C[C@@H]2Cc3cccc(O)c3C(=O)O[C@@H](C/C=C/NC(=O)/C=C/c3cccs3)C[C@H](C1)O2. The van der Waals surface area contributed by atoms with Gasteiger partial charge in [-0.25, -0.2) is 4.79 Å². The van der Waals surface area contributed by atoms with Gasteiger partial charge in [0.05, 0.1) is 12.2 Å². The molecule has 1 aromatic heterocycles. The number of rotatable bonds is 6. The van der Waals surface area contributed by atoms with Gasteiger partial charge in [0.25, 0.3) is 0 Å². The molecule has 8 nitrogen and oxygen atoms in total. The van der Waals surface area contributed by atoms with Gasteiger partial charge in [0.2, 0.25) is 5.91 Å². The lowest BCUT2D eigenvalue weighted by Gasteiger charge is -2.37. The first-order chi connectivity index (χ1) is 17.4. The molecule has 0 saturated carbocycles. The molecule has 190 valence electrons. The summed E-state index contributed by atoms with van der Waals surface area (Å²) in [5.41, 5.74) is 0.739. The van der Waals surface area contributed by atoms with Gasteiger partial charge in [-0.15, -0.1) is 11.3 Å². The molecule has 2 bridgehead atoms. The lowest BCUT2D eigenvalue weighted by molar-refractivity contribution is -0.161. The lowest BCUT2D eigenvalue weighted by atomic mass is 9.91. The number of phenols is 1. The van der Waals surface area contributed by atoms with E-state index < -0.39 is 12.1 Å². The second kappa shape index (κ2) is 12.0. The number of carbonyl (C=O) groups is 3. The van der Waals surface area contributed by atoms with Crippen LogP contribution in [-0.4, -0.2) is 47.4 Å². The monoisotopic (exact) mass is 511 g/mol. The summed E-state index contributed by atoms with van der Waals surface area (Å²) in [6, 6.07) is 8.71. The van der Waals surface area contributed by atoms with Crippen molar-refractivity contribution in [3.8, 4) is 5.75 Å². The van der Waals surface area contributed by atoms with Crippen LogP contribution in [0, 0.1) is 0 Å². The van der Waals surface area contributed by atoms with Crippen LogP contribution in [0.1, 0.15) is 53.4 Å². The summed E-state index contributed by atoms with van der Waals surface area (Å²) in [6.45, 7) is 1.38. The zero-order chi connectivity index (χ0) is 25.5. The smallest absolute Gasteiger partial charge is 0.342 e. The Labute approximate surface area is 213 Å². The third-order valence-electron chi connectivity index (χ3n) is 6.03. The molecule has 0 aliphatic carbocycles. The molecular weight excluding hydrogens is 482 g/mol. The Morgan fingerprint density at radius 1 is 1.19 bits per heavy atom. The summed E-state index contributed by atoms with van der Waals surface area (Å²) in [6.07, 6.45) is 7.12. The van der Waals surface area contributed by atoms with Gasteiger partial charge < -0.3 is 24.6 Å². The molecular formula is C27H29NO7S. The zero-order valence-corrected chi connectivity index (χ0v) is 20.7. The fourth-order valence-corrected chi connectivity index (χ4v) is 5.18. The predicted octanol–water partition coefficient (Wildman–Crippen LogP) is 4.14. The molecule has 1 aromatic carbocycles. The van der Waals surface area contributed by atoms with Gasteiger partial charge >= 0.3 is 11.9 Å². The van der Waals surface area contributed by atoms with Gasteiger partial charge in [-0.05, 0) is 35.6 Å². The van der Waals surface area contributed by atoms with Gasteiger partial charge in [0.1, 0.15) is 23.5 Å². The normalized spacial score (nSPS) is 24.2. The Morgan fingerprint density at radius 2 is 2.03 bits per heavy atom. The van der Waals surface area contributed by atoms with Crippen LogP contribution in [0.5, 0.6) is 5.75 Å². The number of phenolic OH excluding ortho intramolecular Hbond substituents is 1. The number of benzene rings is 1. The van der Waals surface area contributed by atoms with Crippen molar-refractivity contribution in [2.24, 2.45) is 0 Å². The fourth-order valence-electron chi connectivity index (χ4n) is 4.57. The molecule has 0 unspecified atom stereocenters. The van der Waals surface area contributed by atoms with Crippen molar-refractivity contribution < 1.29 is 33.7 Å². The van der Waals surface area contributed by atoms with Gasteiger partial charge in [-0.2, -0.15) is 0 Å². The lowest BCUT2D eigenvalue weighted by Crippen LogP contribution is -2.41. The number of cyclic esters (lactones) is 1. The minimum Gasteiger partial charge on any atom is -0.507 e. The highest BCUT2D eigenvalue weighted by Crippen LogP contribution is 2.33. The van der Waals surface area contributed by atoms with Crippen LogP contribution < -0.4 is 5.32 Å². The highest BCUT2D eigenvalue weighted by molar-refractivity contribution is 7.10. The van der Waals surface area contributed by atoms with Gasteiger partial charge in [-0.3, -0.25) is 9.59 Å². The Hall–Kier alpha value is -3.43. The maximum Gasteiger partial charge on any atom is 0.342 e. The van der Waals surface area contributed by atoms with E-state index in [1.54, 1.807) is 24.3 Å². The minimum absolute atomic E-state index is 0.121. The molecule has 1 amide bonds. The van der Waals surface area contributed by atoms with E-state index in [-0.39, 0.29) is 41.5 Å². The number of fused-ring (bicyclic) bond motifs is 3. The summed E-state index contributed by atoms with van der Waals surface area (Å²) in [4.78, 5) is 37.6. The second-order valence-electron chi connectivity index (χ2n) is 8.86. The van der Waals surface area contributed by atoms with Gasteiger partial charge in [0.15, 0.2) is 0 Å². The standard InChI is InChI=1S/C27H29NO7S/c1-17(29)33-21-15-20-13-18-5-2-8-24(30)26(18)27(32)35-19(14-22(16-21)34-20)6-3-11-28-25(31)10-9-23-7-4-12-36-23/h2-5,7-12,19-22,30H,6,13-16H2,1H3,(H,28,31)/b10-9+,11-3+/t19-,20-,21+,22+/m0/s1. The average molecular weight is 512 g/mol. The number of hydrogen-bond donors (Lipinski definition) is 2. The number of amides is 1. The van der Waals surface area contributed by atoms with E-state index >= 15 is 0 Å². The van der Waals surface area contributed by atoms with Crippen LogP contribution in [0.2, 0.25) is 0 Å². The molecule has 2 aliphatic heterocycles. The molecule has 4 atom stereocenters. The van der Waals surface area contributed by atoms with Crippen LogP contribution in [0.3, 0.4) is 0 Å². The van der Waals surface area contributed by atoms with Crippen molar-refractivity contribution in [2.75, 3.05) is 0 Å². The molecule has 3 heterocycles. The van der Waals surface area contributed by atoms with Crippen molar-refractivity contribution in [3.05, 3.63) is 70.1 Å². The van der Waals surface area contributed by atoms with E-state index in [1.165, 1.54) is 36.6 Å². The third-order valence-corrected chi connectivity index (χ3v) is 6.87. The van der Waals surface area contributed by atoms with Crippen LogP contribution in [0.15, 0.2) is 54.1 Å². The molecule has 2 aliphatic rings. The van der Waals surface area contributed by atoms with Crippen LogP contribution in [0.4, 0.5) is 0 Å². The van der Waals surface area contributed by atoms with E-state index in [9.17, 15) is 19.5 Å². The molecule has 0 spiro atoms. The quantitative estimate of drug-likeness (QED) is 0.443. The number of esters is 2. The Kier molecular flexibility index (Phi) is 8.56. The second-order valence-corrected chi connectivity index (χ2v) is 9.84. The van der Waals surface area contributed by atoms with Crippen LogP contribution in [0.25, 0.3) is 6.08 Å². The van der Waals surface area contributed by atoms with Crippen molar-refractivity contribution in [2.45, 2.75) is 63.4 Å². The summed E-state index contributed by atoms with van der Waals surface area (Å²) in [5.74, 6) is -1.37. The Balaban J connectivity index is 1.47. The van der Waals surface area contributed by atoms with Gasteiger partial charge in [0, 0.05) is 49.8 Å². The first-order valence-electron chi connectivity index (χ1n) is 11.9. The summed E-state index contributed by atoms with van der Waals surface area (Å²) in [5, 5.41) is 15.0. The summed E-state index contributed by atoms with van der Waals surface area (Å²) >= 11 is 1.54. The number of ether oxygens (including phenoxy) is 3. The van der Waals surface area contributed by atoms with E-state index in [1.807, 2.05) is 17.5 Å². The molecule has 2 aromatic rings. The first kappa shape index (κ1) is 25.7. The van der Waals surface area contributed by atoms with Crippen molar-refractivity contribution in [1.29, 1.82) is 0 Å². The highest BCUT2D eigenvalue weighted by atomic mass is 32.1. The number of carbonyl (C=O) groups excluding carboxylic acids is 3. The maximum atomic E-state index is 13.0. The number of hydrogen-bond acceptors (Lipinski definition) is 8. The predicted molar refractivity (Wildman–Crippen MR) is 134 cm³/mol. The Morgan fingerprint density at radius 3 is 2.81 bits per heavy atom. The fraction of sp³-hybridized carbons (Fsp3) is 0.370. The third kappa shape index (κ3) is 7.05. The van der Waals surface area contributed by atoms with Crippen molar-refractivity contribution >= 4 is 35.3 Å². The molecule has 2 N–H and O–H groups in total. The molecule has 0 radical (unpaired) electrons. The largest absolute Gasteiger partial charge is 0.507 e. The molecule has 1 fully saturated rings. The van der Waals surface area contributed by atoms with Crippen molar-refractivity contribution in [1.82, 2.24) is 5.32 Å². The molecule has 9 heteroatoms. The van der Waals surface area contributed by atoms with E-state index in [4.69, 9.17) is 14.2 Å². The topological polar surface area (TPSA) is 111 Å². The number of nitrogens with one attached hydrogen (secondary N) is 1. The van der Waals surface area contributed by atoms with E-state index in [0.29, 0.717) is 37.7 Å². The summed E-state index contributed by atoms with van der Waals surface area (Å²) < 4.78 is 17.6. The maximum absolute atomic E-state index is 13.0. The van der Waals surface area contributed by atoms with Crippen LogP contribution >= 0.6 is 11.3 Å². The first-order valence-corrected chi connectivity index (χ1v) is 12.8. The molecule has 36 heavy (non-hydrogen) atoms. The van der Waals surface area contributed by atoms with E-state index in [2.05, 4.69) is 5.32 Å².